The number of methoxy groups -OCH3 is 2. The monoisotopic (exact) mass is 228 g/mol. The minimum atomic E-state index is -1.11. The Morgan fingerprint density at radius 1 is 1.25 bits per heavy atom. The molecule has 1 aromatic carbocycles. The van der Waals surface area contributed by atoms with Gasteiger partial charge in [0.2, 0.25) is 0 Å². The van der Waals surface area contributed by atoms with Crippen molar-refractivity contribution in [2.24, 2.45) is 0 Å². The Morgan fingerprint density at radius 3 is 2.25 bits per heavy atom. The van der Waals surface area contributed by atoms with E-state index in [1.807, 2.05) is 0 Å². The van der Waals surface area contributed by atoms with E-state index in [2.05, 4.69) is 0 Å². The van der Waals surface area contributed by atoms with Gasteiger partial charge in [0.15, 0.2) is 11.5 Å². The lowest BCUT2D eigenvalue weighted by atomic mass is 9.95. The van der Waals surface area contributed by atoms with Crippen LogP contribution in [0.1, 0.15) is 25.0 Å². The normalized spacial score (nSPS) is 11.4. The molecule has 0 aromatic heterocycles. The van der Waals surface area contributed by atoms with Crippen LogP contribution < -0.4 is 9.47 Å². The predicted molar refractivity (Wildman–Crippen MR) is 59.6 cm³/mol. The maximum Gasteiger partial charge on any atom is 0.166 e. The number of aliphatic hydroxyl groups is 1. The number of halogens is 1. The first-order valence-electron chi connectivity index (χ1n) is 4.97. The summed E-state index contributed by atoms with van der Waals surface area (Å²) in [5.74, 6) is 0.863. The lowest BCUT2D eigenvalue weighted by Crippen LogP contribution is -2.17. The highest BCUT2D eigenvalue weighted by molar-refractivity contribution is 5.51. The average Bonchev–Trinajstić information content (AvgIpc) is 2.25. The molecule has 1 rings (SSSR count). The zero-order valence-corrected chi connectivity index (χ0v) is 10.0. The second-order valence-electron chi connectivity index (χ2n) is 4.07. The molecule has 0 fully saturated rings. The Bertz CT molecular complexity index is 369. The standard InChI is InChI=1S/C12H17FO3/c1-12(2,14)9-5-8(7-13)6-10(15-3)11(9)16-4/h5-6,14H,7H2,1-4H3. The Labute approximate surface area is 94.8 Å². The summed E-state index contributed by atoms with van der Waals surface area (Å²) in [6, 6.07) is 3.15. The summed E-state index contributed by atoms with van der Waals surface area (Å²) >= 11 is 0. The van der Waals surface area contributed by atoms with E-state index in [1.54, 1.807) is 26.0 Å². The summed E-state index contributed by atoms with van der Waals surface area (Å²) in [6.45, 7) is 2.63. The Hall–Kier alpha value is -1.29. The summed E-state index contributed by atoms with van der Waals surface area (Å²) in [5.41, 5.74) is -0.138. The number of hydrogen-bond donors (Lipinski definition) is 1. The van der Waals surface area contributed by atoms with Crippen LogP contribution in [0.4, 0.5) is 4.39 Å². The highest BCUT2D eigenvalue weighted by Crippen LogP contribution is 2.38. The third-order valence-corrected chi connectivity index (χ3v) is 2.35. The molecule has 0 aliphatic rings. The van der Waals surface area contributed by atoms with E-state index in [0.29, 0.717) is 22.6 Å². The van der Waals surface area contributed by atoms with Crippen molar-refractivity contribution in [2.75, 3.05) is 14.2 Å². The first kappa shape index (κ1) is 12.8. The van der Waals surface area contributed by atoms with Gasteiger partial charge < -0.3 is 14.6 Å². The van der Waals surface area contributed by atoms with Gasteiger partial charge in [-0.25, -0.2) is 4.39 Å². The fourth-order valence-corrected chi connectivity index (χ4v) is 1.55. The molecule has 0 saturated heterocycles. The quantitative estimate of drug-likeness (QED) is 0.860. The molecular formula is C12H17FO3. The van der Waals surface area contributed by atoms with Crippen molar-refractivity contribution in [3.8, 4) is 11.5 Å². The van der Waals surface area contributed by atoms with Crippen LogP contribution in [0.5, 0.6) is 11.5 Å². The van der Waals surface area contributed by atoms with Gasteiger partial charge in [0.05, 0.1) is 19.8 Å². The van der Waals surface area contributed by atoms with Crippen molar-refractivity contribution >= 4 is 0 Å². The average molecular weight is 228 g/mol. The first-order chi connectivity index (χ1) is 7.43. The summed E-state index contributed by atoms with van der Waals surface area (Å²) < 4.78 is 23.0. The fraction of sp³-hybridized carbons (Fsp3) is 0.500. The smallest absolute Gasteiger partial charge is 0.166 e. The van der Waals surface area contributed by atoms with Gasteiger partial charge in [0.1, 0.15) is 6.67 Å². The maximum absolute atomic E-state index is 12.7. The Kier molecular flexibility index (Phi) is 3.75. The molecule has 0 amide bonds. The first-order valence-corrected chi connectivity index (χ1v) is 4.97. The third-order valence-electron chi connectivity index (χ3n) is 2.35. The van der Waals surface area contributed by atoms with E-state index < -0.39 is 12.3 Å². The molecule has 90 valence electrons. The lowest BCUT2D eigenvalue weighted by molar-refractivity contribution is 0.0750. The summed E-state index contributed by atoms with van der Waals surface area (Å²) in [6.07, 6.45) is 0. The fourth-order valence-electron chi connectivity index (χ4n) is 1.55. The van der Waals surface area contributed by atoms with E-state index in [4.69, 9.17) is 9.47 Å². The topological polar surface area (TPSA) is 38.7 Å². The van der Waals surface area contributed by atoms with Crippen LogP contribution in [0.25, 0.3) is 0 Å². The molecule has 0 radical (unpaired) electrons. The Balaban J connectivity index is 3.43. The highest BCUT2D eigenvalue weighted by atomic mass is 19.1. The molecule has 1 N–H and O–H groups in total. The van der Waals surface area contributed by atoms with Gasteiger partial charge in [-0.05, 0) is 31.5 Å². The molecule has 0 spiro atoms. The van der Waals surface area contributed by atoms with Crippen LogP contribution in [-0.2, 0) is 12.3 Å². The molecular weight excluding hydrogens is 211 g/mol. The number of alkyl halides is 1. The van der Waals surface area contributed by atoms with Crippen molar-refractivity contribution in [2.45, 2.75) is 26.1 Å². The summed E-state index contributed by atoms with van der Waals surface area (Å²) in [7, 11) is 2.97. The van der Waals surface area contributed by atoms with Gasteiger partial charge in [-0.3, -0.25) is 0 Å². The minimum absolute atomic E-state index is 0.426. The van der Waals surface area contributed by atoms with Crippen LogP contribution in [0, 0.1) is 0 Å². The second-order valence-corrected chi connectivity index (χ2v) is 4.07. The molecule has 4 heteroatoms. The van der Waals surface area contributed by atoms with Gasteiger partial charge >= 0.3 is 0 Å². The third kappa shape index (κ3) is 2.44. The van der Waals surface area contributed by atoms with Crippen LogP contribution in [-0.4, -0.2) is 19.3 Å². The predicted octanol–water partition coefficient (Wildman–Crippen LogP) is 2.40. The highest BCUT2D eigenvalue weighted by Gasteiger charge is 2.24. The van der Waals surface area contributed by atoms with Crippen molar-refractivity contribution in [3.05, 3.63) is 23.3 Å². The molecule has 0 aliphatic heterocycles. The lowest BCUT2D eigenvalue weighted by Gasteiger charge is -2.23. The largest absolute Gasteiger partial charge is 0.493 e. The number of ether oxygens (including phenoxy) is 2. The van der Waals surface area contributed by atoms with Crippen LogP contribution in [0.15, 0.2) is 12.1 Å². The zero-order valence-electron chi connectivity index (χ0n) is 10.0. The van der Waals surface area contributed by atoms with Crippen molar-refractivity contribution in [1.29, 1.82) is 0 Å². The van der Waals surface area contributed by atoms with E-state index >= 15 is 0 Å². The van der Waals surface area contributed by atoms with Gasteiger partial charge in [-0.15, -0.1) is 0 Å². The second kappa shape index (κ2) is 4.70. The van der Waals surface area contributed by atoms with Crippen molar-refractivity contribution in [3.63, 3.8) is 0 Å². The van der Waals surface area contributed by atoms with Crippen LogP contribution in [0.2, 0.25) is 0 Å². The minimum Gasteiger partial charge on any atom is -0.493 e. The molecule has 0 aliphatic carbocycles. The van der Waals surface area contributed by atoms with Gasteiger partial charge in [0.25, 0.3) is 0 Å². The van der Waals surface area contributed by atoms with Crippen molar-refractivity contribution in [1.82, 2.24) is 0 Å². The van der Waals surface area contributed by atoms with Gasteiger partial charge in [0, 0.05) is 5.56 Å². The summed E-state index contributed by atoms with van der Waals surface area (Å²) in [4.78, 5) is 0. The molecule has 16 heavy (non-hydrogen) atoms. The number of rotatable bonds is 4. The SMILES string of the molecule is COc1cc(CF)cc(C(C)(C)O)c1OC. The van der Waals surface area contributed by atoms with Gasteiger partial charge in [-0.2, -0.15) is 0 Å². The maximum atomic E-state index is 12.7. The van der Waals surface area contributed by atoms with Crippen LogP contribution in [0.3, 0.4) is 0 Å². The molecule has 0 bridgehead atoms. The number of benzene rings is 1. The van der Waals surface area contributed by atoms with E-state index in [1.165, 1.54) is 14.2 Å². The van der Waals surface area contributed by atoms with E-state index in [-0.39, 0.29) is 0 Å². The molecule has 0 saturated carbocycles. The van der Waals surface area contributed by atoms with E-state index in [0.717, 1.165) is 0 Å². The number of hydrogen-bond acceptors (Lipinski definition) is 3. The molecule has 1 aromatic rings. The van der Waals surface area contributed by atoms with Gasteiger partial charge in [-0.1, -0.05) is 0 Å². The van der Waals surface area contributed by atoms with Crippen LogP contribution >= 0.6 is 0 Å². The zero-order chi connectivity index (χ0) is 12.3. The molecule has 3 nitrogen and oxygen atoms in total. The summed E-state index contributed by atoms with van der Waals surface area (Å²) in [5, 5.41) is 9.98. The van der Waals surface area contributed by atoms with Crippen molar-refractivity contribution < 1.29 is 19.0 Å². The Morgan fingerprint density at radius 2 is 1.88 bits per heavy atom. The molecule has 0 heterocycles. The molecule has 0 unspecified atom stereocenters. The molecule has 0 atom stereocenters. The van der Waals surface area contributed by atoms with E-state index in [9.17, 15) is 9.50 Å².